The average Bonchev–Trinajstić information content (AvgIpc) is 2.05. The van der Waals surface area contributed by atoms with Gasteiger partial charge in [-0.05, 0) is 12.1 Å². The van der Waals surface area contributed by atoms with Gasteiger partial charge >= 0.3 is 6.18 Å². The molecule has 0 fully saturated rings. The zero-order valence-corrected chi connectivity index (χ0v) is 8.66. The molecule has 0 aromatic heterocycles. The van der Waals surface area contributed by atoms with Crippen molar-refractivity contribution < 1.29 is 22.0 Å². The number of anilines is 1. The second-order valence-electron chi connectivity index (χ2n) is 2.72. The smallest absolute Gasteiger partial charge is 0.398 e. The topological polar surface area (TPSA) is 26.0 Å². The number of nitrogens with two attached hydrogens (primary N) is 1. The van der Waals surface area contributed by atoms with E-state index in [-0.39, 0.29) is 4.47 Å². The molecule has 1 aromatic carbocycles. The molecule has 0 heterocycles. The Labute approximate surface area is 90.2 Å². The highest BCUT2D eigenvalue weighted by Crippen LogP contribution is 2.42. The van der Waals surface area contributed by atoms with Crippen LogP contribution in [-0.2, 0) is 6.18 Å². The third-order valence-corrected chi connectivity index (χ3v) is 2.42. The van der Waals surface area contributed by atoms with Crippen molar-refractivity contribution in [2.24, 2.45) is 0 Å². The molecule has 0 aliphatic heterocycles. The average molecular weight is 290 g/mol. The van der Waals surface area contributed by atoms with Crippen molar-refractivity contribution in [2.75, 3.05) is 5.73 Å². The Morgan fingerprint density at radius 1 is 1.20 bits per heavy atom. The zero-order chi connectivity index (χ0) is 11.8. The Balaban J connectivity index is 3.53. The largest absolute Gasteiger partial charge is 0.418 e. The van der Waals surface area contributed by atoms with E-state index in [1.807, 2.05) is 0 Å². The Morgan fingerprint density at radius 3 is 2.07 bits per heavy atom. The minimum Gasteiger partial charge on any atom is -0.398 e. The van der Waals surface area contributed by atoms with Crippen LogP contribution in [0.3, 0.4) is 0 Å². The van der Waals surface area contributed by atoms with Gasteiger partial charge in [0.25, 0.3) is 6.43 Å². The van der Waals surface area contributed by atoms with Gasteiger partial charge in [0.15, 0.2) is 0 Å². The lowest BCUT2D eigenvalue weighted by Gasteiger charge is -2.16. The van der Waals surface area contributed by atoms with Crippen LogP contribution in [-0.4, -0.2) is 0 Å². The molecule has 0 bridgehead atoms. The van der Waals surface area contributed by atoms with Gasteiger partial charge in [0.05, 0.1) is 5.56 Å². The van der Waals surface area contributed by atoms with Crippen molar-refractivity contribution >= 4 is 21.6 Å². The van der Waals surface area contributed by atoms with Crippen molar-refractivity contribution in [3.05, 3.63) is 27.7 Å². The normalized spacial score (nSPS) is 12.2. The Bertz CT molecular complexity index is 374. The van der Waals surface area contributed by atoms with E-state index in [1.54, 1.807) is 0 Å². The van der Waals surface area contributed by atoms with Gasteiger partial charge in [-0.15, -0.1) is 0 Å². The monoisotopic (exact) mass is 289 g/mol. The molecule has 2 N–H and O–H groups in total. The Kier molecular flexibility index (Phi) is 3.22. The van der Waals surface area contributed by atoms with Crippen molar-refractivity contribution in [3.8, 4) is 0 Å². The standard InChI is InChI=1S/C8H5BrF5N/c9-3-1-2-4(15)6(8(12,13)14)5(3)7(10)11/h1-2,7H,15H2. The lowest BCUT2D eigenvalue weighted by Crippen LogP contribution is -2.13. The van der Waals surface area contributed by atoms with E-state index in [9.17, 15) is 22.0 Å². The highest BCUT2D eigenvalue weighted by atomic mass is 79.9. The SMILES string of the molecule is Nc1ccc(Br)c(C(F)F)c1C(F)(F)F. The van der Waals surface area contributed by atoms with Gasteiger partial charge in [0, 0.05) is 15.7 Å². The number of hydrogen-bond acceptors (Lipinski definition) is 1. The van der Waals surface area contributed by atoms with E-state index in [0.717, 1.165) is 12.1 Å². The fraction of sp³-hybridized carbons (Fsp3) is 0.250. The van der Waals surface area contributed by atoms with Crippen molar-refractivity contribution in [2.45, 2.75) is 12.6 Å². The second-order valence-corrected chi connectivity index (χ2v) is 3.58. The quantitative estimate of drug-likeness (QED) is 0.614. The maximum Gasteiger partial charge on any atom is 0.418 e. The van der Waals surface area contributed by atoms with Crippen LogP contribution in [0.2, 0.25) is 0 Å². The molecule has 0 saturated carbocycles. The lowest BCUT2D eigenvalue weighted by molar-refractivity contribution is -0.138. The summed E-state index contributed by atoms with van der Waals surface area (Å²) in [5, 5.41) is 0. The summed E-state index contributed by atoms with van der Waals surface area (Å²) in [6.45, 7) is 0. The van der Waals surface area contributed by atoms with E-state index in [1.165, 1.54) is 0 Å². The Morgan fingerprint density at radius 2 is 1.73 bits per heavy atom. The molecule has 15 heavy (non-hydrogen) atoms. The molecule has 0 aliphatic carbocycles. The number of alkyl halides is 5. The molecule has 1 nitrogen and oxygen atoms in total. The van der Waals surface area contributed by atoms with Crippen LogP contribution >= 0.6 is 15.9 Å². The van der Waals surface area contributed by atoms with Gasteiger partial charge in [-0.25, -0.2) is 8.78 Å². The molecule has 7 heteroatoms. The van der Waals surface area contributed by atoms with Crippen LogP contribution in [0, 0.1) is 0 Å². The third-order valence-electron chi connectivity index (χ3n) is 1.73. The molecule has 1 rings (SSSR count). The minimum absolute atomic E-state index is 0.306. The molecule has 0 unspecified atom stereocenters. The fourth-order valence-corrected chi connectivity index (χ4v) is 1.64. The van der Waals surface area contributed by atoms with Gasteiger partial charge in [-0.3, -0.25) is 0 Å². The second kappa shape index (κ2) is 3.96. The first-order chi connectivity index (χ1) is 6.75. The maximum atomic E-state index is 12.4. The van der Waals surface area contributed by atoms with Crippen molar-refractivity contribution in [1.82, 2.24) is 0 Å². The zero-order valence-electron chi connectivity index (χ0n) is 7.08. The summed E-state index contributed by atoms with van der Waals surface area (Å²) in [6.07, 6.45) is -8.13. The molecule has 0 radical (unpaired) electrons. The highest BCUT2D eigenvalue weighted by molar-refractivity contribution is 9.10. The summed E-state index contributed by atoms with van der Waals surface area (Å²) in [4.78, 5) is 0. The lowest BCUT2D eigenvalue weighted by atomic mass is 10.1. The van der Waals surface area contributed by atoms with E-state index < -0.39 is 29.4 Å². The van der Waals surface area contributed by atoms with E-state index >= 15 is 0 Å². The first-order valence-corrected chi connectivity index (χ1v) is 4.47. The van der Waals surface area contributed by atoms with Gasteiger partial charge in [-0.1, -0.05) is 15.9 Å². The van der Waals surface area contributed by atoms with Gasteiger partial charge in [0.2, 0.25) is 0 Å². The number of halogens is 6. The Hall–Kier alpha value is -0.850. The molecular formula is C8H5BrF5N. The maximum absolute atomic E-state index is 12.4. The molecule has 1 aromatic rings. The predicted octanol–water partition coefficient (Wildman–Crippen LogP) is 3.99. The number of benzene rings is 1. The third kappa shape index (κ3) is 2.39. The summed E-state index contributed by atoms with van der Waals surface area (Å²) in [6, 6.07) is 1.99. The summed E-state index contributed by atoms with van der Waals surface area (Å²) < 4.78 is 61.8. The molecule has 0 atom stereocenters. The number of nitrogen functional groups attached to an aromatic ring is 1. The molecule has 84 valence electrons. The number of hydrogen-bond donors (Lipinski definition) is 1. The summed E-state index contributed by atoms with van der Waals surface area (Å²) in [5.41, 5.74) is 1.73. The van der Waals surface area contributed by atoms with Crippen LogP contribution in [0.15, 0.2) is 16.6 Å². The van der Waals surface area contributed by atoms with E-state index in [4.69, 9.17) is 5.73 Å². The molecule has 0 amide bonds. The van der Waals surface area contributed by atoms with Crippen molar-refractivity contribution in [1.29, 1.82) is 0 Å². The molecular weight excluding hydrogens is 285 g/mol. The first kappa shape index (κ1) is 12.2. The molecule has 0 saturated heterocycles. The van der Waals surface area contributed by atoms with Crippen LogP contribution in [0.4, 0.5) is 27.6 Å². The van der Waals surface area contributed by atoms with Crippen LogP contribution in [0.1, 0.15) is 17.6 Å². The summed E-state index contributed by atoms with van der Waals surface area (Å²) >= 11 is 2.64. The fourth-order valence-electron chi connectivity index (χ4n) is 1.14. The molecule has 0 spiro atoms. The molecule has 0 aliphatic rings. The van der Waals surface area contributed by atoms with Crippen molar-refractivity contribution in [3.63, 3.8) is 0 Å². The predicted molar refractivity (Wildman–Crippen MR) is 48.5 cm³/mol. The van der Waals surface area contributed by atoms with Crippen LogP contribution < -0.4 is 5.73 Å². The highest BCUT2D eigenvalue weighted by Gasteiger charge is 2.39. The van der Waals surface area contributed by atoms with Crippen LogP contribution in [0.5, 0.6) is 0 Å². The van der Waals surface area contributed by atoms with E-state index in [2.05, 4.69) is 15.9 Å². The summed E-state index contributed by atoms with van der Waals surface area (Å²) in [5.74, 6) is 0. The van der Waals surface area contributed by atoms with E-state index in [0.29, 0.717) is 0 Å². The first-order valence-electron chi connectivity index (χ1n) is 3.68. The number of rotatable bonds is 1. The van der Waals surface area contributed by atoms with Gasteiger partial charge in [-0.2, -0.15) is 13.2 Å². The minimum atomic E-state index is -4.89. The summed E-state index contributed by atoms with van der Waals surface area (Å²) in [7, 11) is 0. The van der Waals surface area contributed by atoms with Gasteiger partial charge < -0.3 is 5.73 Å². The van der Waals surface area contributed by atoms with Gasteiger partial charge in [0.1, 0.15) is 0 Å². The van der Waals surface area contributed by atoms with Crippen LogP contribution in [0.25, 0.3) is 0 Å².